The summed E-state index contributed by atoms with van der Waals surface area (Å²) in [5.74, 6) is 0.636. The normalized spacial score (nSPS) is 10.1. The largest absolute Gasteiger partial charge is 0.496 e. The van der Waals surface area contributed by atoms with Gasteiger partial charge in [-0.1, -0.05) is 18.2 Å². The van der Waals surface area contributed by atoms with Gasteiger partial charge in [-0.2, -0.15) is 0 Å². The molecule has 0 saturated heterocycles. The van der Waals surface area contributed by atoms with Crippen LogP contribution in [0, 0.1) is 0 Å². The minimum atomic E-state index is -0.0810. The Hall–Kier alpha value is -2.30. The number of rotatable bonds is 5. The zero-order valence-electron chi connectivity index (χ0n) is 10.1. The summed E-state index contributed by atoms with van der Waals surface area (Å²) in [7, 11) is 1.59. The molecule has 1 aromatic carbocycles. The molecule has 0 radical (unpaired) electrons. The molecule has 0 aliphatic rings. The second kappa shape index (κ2) is 5.86. The molecule has 1 amide bonds. The number of ether oxygens (including phenoxy) is 1. The molecule has 0 fully saturated rings. The van der Waals surface area contributed by atoms with E-state index in [-0.39, 0.29) is 12.3 Å². The SMILES string of the molecule is COc1ccccc1CC(=O)NCc1cocn1. The van der Waals surface area contributed by atoms with E-state index in [1.807, 2.05) is 24.3 Å². The van der Waals surface area contributed by atoms with Crippen molar-refractivity contribution in [1.29, 1.82) is 0 Å². The van der Waals surface area contributed by atoms with E-state index in [4.69, 9.17) is 9.15 Å². The smallest absolute Gasteiger partial charge is 0.224 e. The van der Waals surface area contributed by atoms with Crippen molar-refractivity contribution in [2.75, 3.05) is 7.11 Å². The number of nitrogens with one attached hydrogen (secondary N) is 1. The van der Waals surface area contributed by atoms with Gasteiger partial charge in [-0.3, -0.25) is 4.79 Å². The van der Waals surface area contributed by atoms with Crippen molar-refractivity contribution in [3.05, 3.63) is 48.2 Å². The van der Waals surface area contributed by atoms with Crippen LogP contribution in [-0.2, 0) is 17.8 Å². The molecular formula is C13H14N2O3. The molecule has 5 heteroatoms. The number of hydrogen-bond donors (Lipinski definition) is 1. The summed E-state index contributed by atoms with van der Waals surface area (Å²) in [6, 6.07) is 7.45. The van der Waals surface area contributed by atoms with Crippen LogP contribution in [0.1, 0.15) is 11.3 Å². The lowest BCUT2D eigenvalue weighted by Gasteiger charge is -2.07. The number of hydrogen-bond acceptors (Lipinski definition) is 4. The number of carbonyl (C=O) groups excluding carboxylic acids is 1. The summed E-state index contributed by atoms with van der Waals surface area (Å²) in [5.41, 5.74) is 1.56. The monoisotopic (exact) mass is 246 g/mol. The van der Waals surface area contributed by atoms with Crippen molar-refractivity contribution < 1.29 is 13.9 Å². The Labute approximate surface area is 105 Å². The number of amides is 1. The fourth-order valence-corrected chi connectivity index (χ4v) is 1.60. The van der Waals surface area contributed by atoms with Crippen LogP contribution in [0.3, 0.4) is 0 Å². The summed E-state index contributed by atoms with van der Waals surface area (Å²) in [4.78, 5) is 15.7. The Morgan fingerprint density at radius 1 is 1.44 bits per heavy atom. The fraction of sp³-hybridized carbons (Fsp3) is 0.231. The number of oxazole rings is 1. The average Bonchev–Trinajstić information content (AvgIpc) is 2.90. The molecule has 1 heterocycles. The first kappa shape index (κ1) is 12.2. The van der Waals surface area contributed by atoms with E-state index >= 15 is 0 Å². The van der Waals surface area contributed by atoms with E-state index in [1.165, 1.54) is 12.7 Å². The van der Waals surface area contributed by atoms with Gasteiger partial charge in [0, 0.05) is 5.56 Å². The standard InChI is InChI=1S/C13H14N2O3/c1-17-12-5-3-2-4-10(12)6-13(16)14-7-11-8-18-9-15-11/h2-5,8-9H,6-7H2,1H3,(H,14,16). The summed E-state index contributed by atoms with van der Waals surface area (Å²) < 4.78 is 10.0. The van der Waals surface area contributed by atoms with Crippen molar-refractivity contribution in [2.45, 2.75) is 13.0 Å². The van der Waals surface area contributed by atoms with Crippen LogP contribution in [0.15, 0.2) is 41.3 Å². The molecular weight excluding hydrogens is 232 g/mol. The molecule has 1 N–H and O–H groups in total. The van der Waals surface area contributed by atoms with Gasteiger partial charge in [0.2, 0.25) is 5.91 Å². The molecule has 0 atom stereocenters. The molecule has 0 saturated carbocycles. The van der Waals surface area contributed by atoms with Gasteiger partial charge in [-0.15, -0.1) is 0 Å². The van der Waals surface area contributed by atoms with Crippen LogP contribution < -0.4 is 10.1 Å². The van der Waals surface area contributed by atoms with E-state index < -0.39 is 0 Å². The first-order chi connectivity index (χ1) is 8.79. The molecule has 18 heavy (non-hydrogen) atoms. The second-order valence-corrected chi connectivity index (χ2v) is 3.75. The quantitative estimate of drug-likeness (QED) is 0.869. The van der Waals surface area contributed by atoms with Gasteiger partial charge in [0.1, 0.15) is 12.0 Å². The Balaban J connectivity index is 1.90. The minimum Gasteiger partial charge on any atom is -0.496 e. The molecule has 5 nitrogen and oxygen atoms in total. The van der Waals surface area contributed by atoms with E-state index in [9.17, 15) is 4.79 Å². The van der Waals surface area contributed by atoms with E-state index in [0.29, 0.717) is 18.0 Å². The van der Waals surface area contributed by atoms with Gasteiger partial charge in [0.05, 0.1) is 25.8 Å². The van der Waals surface area contributed by atoms with Crippen molar-refractivity contribution >= 4 is 5.91 Å². The maximum atomic E-state index is 11.8. The number of carbonyl (C=O) groups is 1. The van der Waals surface area contributed by atoms with Gasteiger partial charge in [0.25, 0.3) is 0 Å². The number of nitrogens with zero attached hydrogens (tertiary/aromatic N) is 1. The van der Waals surface area contributed by atoms with E-state index in [1.54, 1.807) is 7.11 Å². The van der Waals surface area contributed by atoms with Crippen LogP contribution in [0.25, 0.3) is 0 Å². The predicted molar refractivity (Wildman–Crippen MR) is 65.0 cm³/mol. The number of benzene rings is 1. The van der Waals surface area contributed by atoms with E-state index in [2.05, 4.69) is 10.3 Å². The van der Waals surface area contributed by atoms with Crippen molar-refractivity contribution in [3.63, 3.8) is 0 Å². The van der Waals surface area contributed by atoms with Crippen molar-refractivity contribution in [2.24, 2.45) is 0 Å². The first-order valence-electron chi connectivity index (χ1n) is 5.55. The second-order valence-electron chi connectivity index (χ2n) is 3.75. The predicted octanol–water partition coefficient (Wildman–Crippen LogP) is 1.54. The molecule has 0 aliphatic heterocycles. The summed E-state index contributed by atoms with van der Waals surface area (Å²) in [6.07, 6.45) is 3.12. The lowest BCUT2D eigenvalue weighted by molar-refractivity contribution is -0.120. The molecule has 0 bridgehead atoms. The highest BCUT2D eigenvalue weighted by Gasteiger charge is 2.08. The van der Waals surface area contributed by atoms with Crippen LogP contribution in [-0.4, -0.2) is 18.0 Å². The maximum Gasteiger partial charge on any atom is 0.224 e. The number of aromatic nitrogens is 1. The first-order valence-corrected chi connectivity index (χ1v) is 5.55. The Bertz CT molecular complexity index is 509. The third-order valence-electron chi connectivity index (χ3n) is 2.49. The Morgan fingerprint density at radius 2 is 2.28 bits per heavy atom. The van der Waals surface area contributed by atoms with Gasteiger partial charge in [-0.05, 0) is 6.07 Å². The molecule has 2 aromatic rings. The van der Waals surface area contributed by atoms with Crippen LogP contribution in [0.5, 0.6) is 5.75 Å². The summed E-state index contributed by atoms with van der Waals surface area (Å²) in [6.45, 7) is 0.366. The van der Waals surface area contributed by atoms with Crippen molar-refractivity contribution in [1.82, 2.24) is 10.3 Å². The highest BCUT2D eigenvalue weighted by Crippen LogP contribution is 2.17. The third-order valence-corrected chi connectivity index (χ3v) is 2.49. The summed E-state index contributed by atoms with van der Waals surface area (Å²) >= 11 is 0. The highest BCUT2D eigenvalue weighted by molar-refractivity contribution is 5.79. The zero-order valence-corrected chi connectivity index (χ0v) is 10.1. The summed E-state index contributed by atoms with van der Waals surface area (Å²) in [5, 5.41) is 2.77. The molecule has 0 aliphatic carbocycles. The Morgan fingerprint density at radius 3 is 3.00 bits per heavy atom. The molecule has 0 unspecified atom stereocenters. The molecule has 94 valence electrons. The fourth-order valence-electron chi connectivity index (χ4n) is 1.60. The van der Waals surface area contributed by atoms with Crippen molar-refractivity contribution in [3.8, 4) is 5.75 Å². The highest BCUT2D eigenvalue weighted by atomic mass is 16.5. The molecule has 2 rings (SSSR count). The van der Waals surface area contributed by atoms with Gasteiger partial charge in [-0.25, -0.2) is 4.98 Å². The lowest BCUT2D eigenvalue weighted by atomic mass is 10.1. The zero-order chi connectivity index (χ0) is 12.8. The van der Waals surface area contributed by atoms with Gasteiger partial charge in [0.15, 0.2) is 6.39 Å². The number of para-hydroxylation sites is 1. The topological polar surface area (TPSA) is 64.4 Å². The van der Waals surface area contributed by atoms with Crippen LogP contribution in [0.4, 0.5) is 0 Å². The number of methoxy groups -OCH3 is 1. The lowest BCUT2D eigenvalue weighted by Crippen LogP contribution is -2.24. The van der Waals surface area contributed by atoms with Crippen LogP contribution in [0.2, 0.25) is 0 Å². The van der Waals surface area contributed by atoms with Gasteiger partial charge < -0.3 is 14.5 Å². The molecule has 1 aromatic heterocycles. The minimum absolute atomic E-state index is 0.0810. The third kappa shape index (κ3) is 3.10. The van der Waals surface area contributed by atoms with E-state index in [0.717, 1.165) is 5.56 Å². The molecule has 0 spiro atoms. The average molecular weight is 246 g/mol. The Kier molecular flexibility index (Phi) is 3.96. The maximum absolute atomic E-state index is 11.8. The van der Waals surface area contributed by atoms with Crippen LogP contribution >= 0.6 is 0 Å². The van der Waals surface area contributed by atoms with Gasteiger partial charge >= 0.3 is 0 Å².